The highest BCUT2D eigenvalue weighted by molar-refractivity contribution is 4.84. The Bertz CT molecular complexity index is 174. The van der Waals surface area contributed by atoms with Crippen molar-refractivity contribution in [2.75, 3.05) is 13.6 Å². The molecule has 1 saturated carbocycles. The van der Waals surface area contributed by atoms with Gasteiger partial charge in [-0.05, 0) is 50.1 Å². The molecule has 0 aromatic rings. The molecule has 0 saturated heterocycles. The summed E-state index contributed by atoms with van der Waals surface area (Å²) in [4.78, 5) is 0. The lowest BCUT2D eigenvalue weighted by molar-refractivity contribution is 0.112. The minimum absolute atomic E-state index is 0.942. The topological polar surface area (TPSA) is 12.0 Å². The van der Waals surface area contributed by atoms with Crippen molar-refractivity contribution in [3.63, 3.8) is 0 Å². The molecule has 3 unspecified atom stereocenters. The van der Waals surface area contributed by atoms with E-state index < -0.39 is 0 Å². The van der Waals surface area contributed by atoms with Gasteiger partial charge in [-0.25, -0.2) is 0 Å². The van der Waals surface area contributed by atoms with Crippen molar-refractivity contribution in [2.45, 2.75) is 59.3 Å². The van der Waals surface area contributed by atoms with E-state index in [1.54, 1.807) is 0 Å². The summed E-state index contributed by atoms with van der Waals surface area (Å²) in [7, 11) is 2.11. The lowest BCUT2D eigenvalue weighted by Gasteiger charge is -2.40. The Balaban J connectivity index is 2.62. The average Bonchev–Trinajstić information content (AvgIpc) is 2.33. The Kier molecular flexibility index (Phi) is 6.41. The second-order valence-corrected chi connectivity index (χ2v) is 5.65. The molecule has 1 N–H and O–H groups in total. The Morgan fingerprint density at radius 2 is 1.81 bits per heavy atom. The molecule has 1 fully saturated rings. The van der Waals surface area contributed by atoms with Crippen LogP contribution in [0, 0.1) is 23.7 Å². The largest absolute Gasteiger partial charge is 0.319 e. The monoisotopic (exact) mass is 225 g/mol. The molecule has 0 aromatic heterocycles. The molecule has 0 heterocycles. The van der Waals surface area contributed by atoms with Crippen LogP contribution in [0.5, 0.6) is 0 Å². The van der Waals surface area contributed by atoms with E-state index in [0.717, 1.165) is 23.7 Å². The highest BCUT2D eigenvalue weighted by atomic mass is 14.8. The first-order chi connectivity index (χ1) is 7.76. The molecular weight excluding hydrogens is 194 g/mol. The molecule has 96 valence electrons. The van der Waals surface area contributed by atoms with Crippen molar-refractivity contribution >= 4 is 0 Å². The minimum Gasteiger partial charge on any atom is -0.319 e. The zero-order chi connectivity index (χ0) is 12.0. The number of nitrogens with one attached hydrogen (secondary N) is 1. The molecular formula is C15H31N. The van der Waals surface area contributed by atoms with E-state index in [2.05, 4.69) is 33.1 Å². The highest BCUT2D eigenvalue weighted by Gasteiger charge is 2.33. The highest BCUT2D eigenvalue weighted by Crippen LogP contribution is 2.41. The Labute approximate surface area is 102 Å². The quantitative estimate of drug-likeness (QED) is 0.718. The number of hydrogen-bond donors (Lipinski definition) is 1. The van der Waals surface area contributed by atoms with Gasteiger partial charge >= 0.3 is 0 Å². The van der Waals surface area contributed by atoms with Crippen molar-refractivity contribution in [3.05, 3.63) is 0 Å². The summed E-state index contributed by atoms with van der Waals surface area (Å²) in [5, 5.41) is 3.40. The molecule has 1 rings (SSSR count). The van der Waals surface area contributed by atoms with Crippen LogP contribution in [0.15, 0.2) is 0 Å². The van der Waals surface area contributed by atoms with Crippen LogP contribution < -0.4 is 5.32 Å². The van der Waals surface area contributed by atoms with Gasteiger partial charge in [-0.2, -0.15) is 0 Å². The molecule has 0 radical (unpaired) electrons. The molecule has 0 bridgehead atoms. The van der Waals surface area contributed by atoms with Crippen molar-refractivity contribution in [2.24, 2.45) is 23.7 Å². The smallest absolute Gasteiger partial charge is 0.00208 e. The summed E-state index contributed by atoms with van der Waals surface area (Å²) >= 11 is 0. The van der Waals surface area contributed by atoms with Crippen LogP contribution in [0.1, 0.15) is 59.3 Å². The van der Waals surface area contributed by atoms with Crippen LogP contribution in [-0.2, 0) is 0 Å². The average molecular weight is 225 g/mol. The van der Waals surface area contributed by atoms with Crippen LogP contribution in [-0.4, -0.2) is 13.6 Å². The third-order valence-electron chi connectivity index (χ3n) is 4.85. The van der Waals surface area contributed by atoms with Crippen LogP contribution in [0.2, 0.25) is 0 Å². The molecule has 1 heteroatoms. The van der Waals surface area contributed by atoms with E-state index in [9.17, 15) is 0 Å². The number of hydrogen-bond acceptors (Lipinski definition) is 1. The molecule has 0 spiro atoms. The molecule has 16 heavy (non-hydrogen) atoms. The normalized spacial score (nSPS) is 30.9. The van der Waals surface area contributed by atoms with Gasteiger partial charge in [0.25, 0.3) is 0 Å². The van der Waals surface area contributed by atoms with Crippen molar-refractivity contribution < 1.29 is 0 Å². The summed E-state index contributed by atoms with van der Waals surface area (Å²) in [5.41, 5.74) is 0. The summed E-state index contributed by atoms with van der Waals surface area (Å²) in [6, 6.07) is 0. The molecule has 1 aliphatic rings. The standard InChI is InChI=1S/C15H31N/c1-5-12-8-9-14(11-16-4)15(10-12)13(6-2)7-3/h12-16H,5-11H2,1-4H3. The molecule has 0 aromatic carbocycles. The van der Waals surface area contributed by atoms with Crippen molar-refractivity contribution in [1.29, 1.82) is 0 Å². The van der Waals surface area contributed by atoms with E-state index in [0.29, 0.717) is 0 Å². The van der Waals surface area contributed by atoms with Crippen LogP contribution >= 0.6 is 0 Å². The van der Waals surface area contributed by atoms with Gasteiger partial charge in [0.05, 0.1) is 0 Å². The predicted octanol–water partition coefficient (Wildman–Crippen LogP) is 4.08. The zero-order valence-electron chi connectivity index (χ0n) is 11.8. The summed E-state index contributed by atoms with van der Waals surface area (Å²) in [5.74, 6) is 3.91. The minimum atomic E-state index is 0.942. The van der Waals surface area contributed by atoms with Gasteiger partial charge in [0.15, 0.2) is 0 Å². The fraction of sp³-hybridized carbons (Fsp3) is 1.00. The third-order valence-corrected chi connectivity index (χ3v) is 4.85. The van der Waals surface area contributed by atoms with Gasteiger partial charge < -0.3 is 5.32 Å². The summed E-state index contributed by atoms with van der Waals surface area (Å²) in [6.45, 7) is 8.35. The lowest BCUT2D eigenvalue weighted by Crippen LogP contribution is -2.35. The molecule has 1 nitrogen and oxygen atoms in total. The Hall–Kier alpha value is -0.0400. The third kappa shape index (κ3) is 3.48. The number of rotatable bonds is 6. The fourth-order valence-electron chi connectivity index (χ4n) is 3.72. The molecule has 0 amide bonds. The predicted molar refractivity (Wildman–Crippen MR) is 72.6 cm³/mol. The first-order valence-corrected chi connectivity index (χ1v) is 7.41. The van der Waals surface area contributed by atoms with Crippen LogP contribution in [0.25, 0.3) is 0 Å². The Morgan fingerprint density at radius 1 is 1.12 bits per heavy atom. The maximum atomic E-state index is 3.40. The summed E-state index contributed by atoms with van der Waals surface area (Å²) < 4.78 is 0. The molecule has 0 aliphatic heterocycles. The molecule has 1 aliphatic carbocycles. The van der Waals surface area contributed by atoms with Gasteiger partial charge in [-0.1, -0.05) is 46.5 Å². The van der Waals surface area contributed by atoms with Gasteiger partial charge in [0.1, 0.15) is 0 Å². The van der Waals surface area contributed by atoms with Crippen LogP contribution in [0.4, 0.5) is 0 Å². The van der Waals surface area contributed by atoms with E-state index in [4.69, 9.17) is 0 Å². The van der Waals surface area contributed by atoms with E-state index in [1.165, 1.54) is 45.1 Å². The first-order valence-electron chi connectivity index (χ1n) is 7.41. The van der Waals surface area contributed by atoms with E-state index in [1.807, 2.05) is 0 Å². The van der Waals surface area contributed by atoms with Gasteiger partial charge in [0.2, 0.25) is 0 Å². The van der Waals surface area contributed by atoms with Crippen LogP contribution in [0.3, 0.4) is 0 Å². The summed E-state index contributed by atoms with van der Waals surface area (Å²) in [6.07, 6.45) is 8.56. The van der Waals surface area contributed by atoms with Crippen molar-refractivity contribution in [1.82, 2.24) is 5.32 Å². The molecule has 3 atom stereocenters. The van der Waals surface area contributed by atoms with Crippen molar-refractivity contribution in [3.8, 4) is 0 Å². The maximum absolute atomic E-state index is 3.40. The maximum Gasteiger partial charge on any atom is -0.00208 e. The fourth-order valence-corrected chi connectivity index (χ4v) is 3.72. The SMILES string of the molecule is CCC1CCC(CNC)C(C(CC)CC)C1. The van der Waals surface area contributed by atoms with E-state index >= 15 is 0 Å². The Morgan fingerprint density at radius 3 is 2.31 bits per heavy atom. The first kappa shape index (κ1) is 14.0. The van der Waals surface area contributed by atoms with Gasteiger partial charge in [-0.3, -0.25) is 0 Å². The second-order valence-electron chi connectivity index (χ2n) is 5.65. The lowest BCUT2D eigenvalue weighted by atomic mass is 9.67. The van der Waals surface area contributed by atoms with E-state index in [-0.39, 0.29) is 0 Å². The zero-order valence-corrected chi connectivity index (χ0v) is 11.8. The second kappa shape index (κ2) is 7.32. The van der Waals surface area contributed by atoms with Gasteiger partial charge in [0, 0.05) is 0 Å². The van der Waals surface area contributed by atoms with Gasteiger partial charge in [-0.15, -0.1) is 0 Å².